The maximum absolute atomic E-state index is 6.86. The molecule has 4 heteroatoms. The van der Waals surface area contributed by atoms with Gasteiger partial charge in [-0.1, -0.05) is 101 Å². The highest BCUT2D eigenvalue weighted by molar-refractivity contribution is 5.97. The third kappa shape index (κ3) is 6.43. The fraction of sp³-hybridized carbons (Fsp3) is 0.368. The summed E-state index contributed by atoms with van der Waals surface area (Å²) in [5, 5.41) is 4.15. The summed E-state index contributed by atoms with van der Waals surface area (Å²) in [7, 11) is 0. The average molecular weight is 803 g/mol. The van der Waals surface area contributed by atoms with Crippen molar-refractivity contribution >= 4 is 50.9 Å². The normalized spacial score (nSPS) is 24.0. The zero-order valence-electron chi connectivity index (χ0n) is 36.3. The summed E-state index contributed by atoms with van der Waals surface area (Å²) in [6.45, 7) is 5.51. The summed E-state index contributed by atoms with van der Waals surface area (Å²) in [5.41, 5.74) is 23.0. The van der Waals surface area contributed by atoms with E-state index in [1.54, 1.807) is 5.56 Å². The van der Waals surface area contributed by atoms with Crippen LogP contribution in [-0.4, -0.2) is 20.2 Å². The monoisotopic (exact) mass is 802 g/mol. The van der Waals surface area contributed by atoms with Crippen LogP contribution in [0.3, 0.4) is 0 Å². The number of hydrogen-bond acceptors (Lipinski definition) is 1. The third-order valence-corrected chi connectivity index (χ3v) is 15.4. The minimum absolute atomic E-state index is 0.276. The van der Waals surface area contributed by atoms with Crippen molar-refractivity contribution < 1.29 is 0 Å². The lowest BCUT2D eigenvalue weighted by Gasteiger charge is -2.37. The summed E-state index contributed by atoms with van der Waals surface area (Å²) < 4.78 is 7.73. The molecule has 0 amide bonds. The summed E-state index contributed by atoms with van der Waals surface area (Å²) >= 11 is 0. The first-order valence-corrected chi connectivity index (χ1v) is 23.9. The molecule has 4 aliphatic carbocycles. The van der Waals surface area contributed by atoms with Gasteiger partial charge in [-0.2, -0.15) is 0 Å². The first kappa shape index (κ1) is 38.6. The van der Waals surface area contributed by atoms with Gasteiger partial charge in [-0.3, -0.25) is 0 Å². The Labute approximate surface area is 362 Å². The summed E-state index contributed by atoms with van der Waals surface area (Å²) in [5.74, 6) is 2.70. The van der Waals surface area contributed by atoms with Crippen LogP contribution in [-0.2, 0) is 0 Å². The van der Waals surface area contributed by atoms with E-state index in [2.05, 4.69) is 155 Å². The van der Waals surface area contributed by atoms with E-state index in [9.17, 15) is 0 Å². The summed E-state index contributed by atoms with van der Waals surface area (Å²) in [6.07, 6.45) is 30.6. The molecule has 4 nitrogen and oxygen atoms in total. The van der Waals surface area contributed by atoms with Gasteiger partial charge in [-0.05, 0) is 177 Å². The average Bonchev–Trinajstić information content (AvgIpc) is 3.94. The number of benzene rings is 4. The number of para-hydroxylation sites is 2. The molecule has 5 unspecified atom stereocenters. The largest absolute Gasteiger partial charge is 0.330 e. The van der Waals surface area contributed by atoms with Crippen LogP contribution < -0.4 is 5.73 Å². The van der Waals surface area contributed by atoms with E-state index in [0.717, 1.165) is 31.6 Å². The van der Waals surface area contributed by atoms with Crippen molar-refractivity contribution in [2.75, 3.05) is 6.54 Å². The molecule has 310 valence electrons. The Bertz CT molecular complexity index is 2840. The number of nitrogens with zero attached hydrogens (tertiary/aromatic N) is 3. The molecule has 0 saturated heterocycles. The molecule has 0 radical (unpaired) electrons. The molecule has 1 saturated carbocycles. The van der Waals surface area contributed by atoms with E-state index in [1.165, 1.54) is 136 Å². The Morgan fingerprint density at radius 2 is 1.11 bits per heavy atom. The molecule has 11 rings (SSSR count). The van der Waals surface area contributed by atoms with Gasteiger partial charge in [0.15, 0.2) is 0 Å². The SMILES string of the molecule is CCC1CCCC/C=C\c2c1c1cc(-n3c4c(c5cc(-n6c7c(c8ccccc86)C6CCCC(C)C6C=C7)ccc53)C(CN)CCCCC/C=C\4)ccc1n2-c1ccccc1. The zero-order valence-corrected chi connectivity index (χ0v) is 36.3. The summed E-state index contributed by atoms with van der Waals surface area (Å²) in [4.78, 5) is 0. The number of rotatable bonds is 5. The van der Waals surface area contributed by atoms with Gasteiger partial charge in [0.1, 0.15) is 0 Å². The molecule has 3 aromatic heterocycles. The Kier molecular flexibility index (Phi) is 10.2. The predicted molar refractivity (Wildman–Crippen MR) is 260 cm³/mol. The van der Waals surface area contributed by atoms with Crippen LogP contribution in [0.2, 0.25) is 0 Å². The van der Waals surface area contributed by atoms with Crippen molar-refractivity contribution in [1.29, 1.82) is 0 Å². The second kappa shape index (κ2) is 16.2. The van der Waals surface area contributed by atoms with Gasteiger partial charge in [0.2, 0.25) is 0 Å². The van der Waals surface area contributed by atoms with Gasteiger partial charge in [0.25, 0.3) is 0 Å². The number of aromatic nitrogens is 3. The van der Waals surface area contributed by atoms with Crippen molar-refractivity contribution in [2.45, 2.75) is 115 Å². The van der Waals surface area contributed by atoms with Crippen molar-refractivity contribution in [1.82, 2.24) is 13.7 Å². The Hall–Kier alpha value is -5.32. The predicted octanol–water partition coefficient (Wildman–Crippen LogP) is 15.2. The van der Waals surface area contributed by atoms with Gasteiger partial charge in [-0.15, -0.1) is 0 Å². The number of fused-ring (bicyclic) bond motifs is 11. The van der Waals surface area contributed by atoms with Crippen molar-refractivity contribution in [3.05, 3.63) is 143 Å². The van der Waals surface area contributed by atoms with Crippen molar-refractivity contribution in [3.8, 4) is 17.1 Å². The van der Waals surface area contributed by atoms with E-state index < -0.39 is 0 Å². The molecule has 0 spiro atoms. The standard InChI is InChI=1S/C57H62N4/c1-3-39-20-10-7-8-15-27-52-55(39)47-35-43(29-32-50(47)59(52)41-22-12-9-13-23-41)61-51-33-30-42(36-48(51)56-40(37-58)21-11-5-4-6-14-28-53(56)61)60-49-26-17-16-24-46(49)57-45-25-18-19-38(2)44(45)31-34-54(57)60/h9,12-17,22-24,26-36,38-40,44-45H,3-8,10-11,18-21,25,37,58H2,1-2H3/b27-15-,28-14-. The number of nitrogens with two attached hydrogens (primary N) is 1. The maximum atomic E-state index is 6.86. The minimum Gasteiger partial charge on any atom is -0.330 e. The lowest BCUT2D eigenvalue weighted by Crippen LogP contribution is -2.26. The Morgan fingerprint density at radius 3 is 1.82 bits per heavy atom. The highest BCUT2D eigenvalue weighted by Crippen LogP contribution is 2.51. The molecule has 2 N–H and O–H groups in total. The molecular weight excluding hydrogens is 741 g/mol. The summed E-state index contributed by atoms with van der Waals surface area (Å²) in [6, 6.07) is 35.0. The van der Waals surface area contributed by atoms with Crippen LogP contribution in [0.4, 0.5) is 0 Å². The van der Waals surface area contributed by atoms with Crippen LogP contribution >= 0.6 is 0 Å². The van der Waals surface area contributed by atoms with Gasteiger partial charge in [-0.25, -0.2) is 0 Å². The second-order valence-corrected chi connectivity index (χ2v) is 18.9. The van der Waals surface area contributed by atoms with Gasteiger partial charge in [0, 0.05) is 38.9 Å². The number of hydrogen-bond donors (Lipinski definition) is 1. The van der Waals surface area contributed by atoms with Crippen molar-refractivity contribution in [3.63, 3.8) is 0 Å². The van der Waals surface area contributed by atoms with E-state index in [4.69, 9.17) is 5.73 Å². The molecule has 3 heterocycles. The van der Waals surface area contributed by atoms with Crippen LogP contribution in [0.25, 0.3) is 68.0 Å². The smallest absolute Gasteiger partial charge is 0.0539 e. The molecular formula is C57H62N4. The van der Waals surface area contributed by atoms with Crippen molar-refractivity contribution in [2.24, 2.45) is 17.6 Å². The highest BCUT2D eigenvalue weighted by Gasteiger charge is 2.37. The molecule has 7 aromatic rings. The van der Waals surface area contributed by atoms with Crippen LogP contribution in [0, 0.1) is 11.8 Å². The molecule has 0 aliphatic heterocycles. The van der Waals surface area contributed by atoms with Gasteiger partial charge >= 0.3 is 0 Å². The fourth-order valence-electron chi connectivity index (χ4n) is 12.5. The quantitative estimate of drug-likeness (QED) is 0.185. The second-order valence-electron chi connectivity index (χ2n) is 18.9. The maximum Gasteiger partial charge on any atom is 0.0539 e. The highest BCUT2D eigenvalue weighted by atomic mass is 15.0. The lowest BCUT2D eigenvalue weighted by molar-refractivity contribution is 0.265. The van der Waals surface area contributed by atoms with Crippen LogP contribution in [0.15, 0.2) is 109 Å². The molecule has 1 fully saturated rings. The van der Waals surface area contributed by atoms with E-state index in [0.29, 0.717) is 24.3 Å². The molecule has 4 aliphatic rings. The Morgan fingerprint density at radius 1 is 0.525 bits per heavy atom. The van der Waals surface area contributed by atoms with Gasteiger partial charge in [0.05, 0.1) is 27.9 Å². The first-order chi connectivity index (χ1) is 30.1. The van der Waals surface area contributed by atoms with Crippen LogP contribution in [0.1, 0.15) is 149 Å². The lowest BCUT2D eigenvalue weighted by atomic mass is 9.67. The van der Waals surface area contributed by atoms with Gasteiger partial charge < -0.3 is 19.4 Å². The minimum atomic E-state index is 0.276. The van der Waals surface area contributed by atoms with E-state index in [-0.39, 0.29) is 5.92 Å². The molecule has 61 heavy (non-hydrogen) atoms. The molecule has 5 atom stereocenters. The zero-order chi connectivity index (χ0) is 41.0. The fourth-order valence-corrected chi connectivity index (χ4v) is 12.5. The van der Waals surface area contributed by atoms with E-state index >= 15 is 0 Å². The molecule has 4 aromatic carbocycles. The third-order valence-electron chi connectivity index (χ3n) is 15.4. The topological polar surface area (TPSA) is 40.8 Å². The Balaban J connectivity index is 1.17. The number of allylic oxidation sites excluding steroid dienone is 3. The first-order valence-electron chi connectivity index (χ1n) is 23.9. The van der Waals surface area contributed by atoms with E-state index in [1.807, 2.05) is 0 Å². The van der Waals surface area contributed by atoms with Crippen LogP contribution in [0.5, 0.6) is 0 Å². The molecule has 0 bridgehead atoms.